The molecule has 0 saturated heterocycles. The number of hydrogen-bond acceptors (Lipinski definition) is 12. The number of carbonyl (C=O) groups excluding carboxylic acids is 4. The molecule has 0 fully saturated rings. The van der Waals surface area contributed by atoms with Gasteiger partial charge < -0.3 is 39.7 Å². The fourth-order valence-corrected chi connectivity index (χ4v) is 0. The monoisotopic (exact) mass is 580 g/mol. The second kappa shape index (κ2) is 32.3. The van der Waals surface area contributed by atoms with Gasteiger partial charge in [-0.25, -0.2) is 38.4 Å². The molecule has 0 amide bonds. The Labute approximate surface area is 299 Å². The second-order valence-electron chi connectivity index (χ2n) is 2.76. The number of aliphatic carboxylic acids is 4. The van der Waals surface area contributed by atoms with Gasteiger partial charge in [0.05, 0.1) is 0 Å². The van der Waals surface area contributed by atoms with Crippen molar-refractivity contribution < 1.29 is 250 Å². The molecule has 0 rings (SSSR count). The molecule has 0 saturated carbocycles. The summed E-state index contributed by atoms with van der Waals surface area (Å²) in [5, 5.41) is 29.1. The fraction of sp³-hybridized carbons (Fsp3) is 0. The zero-order valence-corrected chi connectivity index (χ0v) is 25.9. The van der Waals surface area contributed by atoms with Crippen LogP contribution in [0.25, 0.3) is 0 Å². The molecular formula is C8H4F4K3O16P. The molecule has 32 heavy (non-hydrogen) atoms. The summed E-state index contributed by atoms with van der Waals surface area (Å²) in [4.78, 5) is 97.1. The molecule has 0 unspecified atom stereocenters. The summed E-state index contributed by atoms with van der Waals surface area (Å²) in [5.74, 6) is -8.19. The molecule has 0 spiro atoms. The van der Waals surface area contributed by atoms with Crippen molar-refractivity contribution in [2.45, 2.75) is 0 Å². The van der Waals surface area contributed by atoms with Crippen LogP contribution in [0.4, 0.5) is 17.6 Å². The Bertz CT molecular complexity index is 543. The van der Waals surface area contributed by atoms with Gasteiger partial charge in [0.1, 0.15) is 0 Å². The van der Waals surface area contributed by atoms with Gasteiger partial charge in [0.2, 0.25) is 0 Å². The van der Waals surface area contributed by atoms with Crippen molar-refractivity contribution in [1.82, 2.24) is 0 Å². The molecule has 0 aromatic rings. The standard InChI is InChI=1S/4C2HFO3.3K.H3O4P/c4*3-1(4)2(5)6;;;;1-5(2,3)4/h4*(H,5,6);;;;(H3,1,2,3,4)/q;;;;3*+1;/p-3. The number of halogens is 4. The van der Waals surface area contributed by atoms with Crippen LogP contribution in [0.1, 0.15) is 0 Å². The van der Waals surface area contributed by atoms with Crippen LogP contribution < -0.4 is 169 Å². The molecule has 0 bridgehead atoms. The Kier molecular flexibility index (Phi) is 54.8. The van der Waals surface area contributed by atoms with Gasteiger partial charge in [-0.1, -0.05) is 0 Å². The molecule has 16 nitrogen and oxygen atoms in total. The molecule has 0 aromatic heterocycles. The predicted molar refractivity (Wildman–Crippen MR) is 62.6 cm³/mol. The predicted octanol–water partition coefficient (Wildman–Crippen LogP) is -13.5. The average Bonchev–Trinajstić information content (AvgIpc) is 2.46. The van der Waals surface area contributed by atoms with Crippen molar-refractivity contribution >= 4 is 55.8 Å². The summed E-state index contributed by atoms with van der Waals surface area (Å²) < 4.78 is 50.9. The van der Waals surface area contributed by atoms with Gasteiger partial charge >= 0.3 is 202 Å². The third-order valence-corrected chi connectivity index (χ3v) is 0.673. The SMILES string of the molecule is O=C(O)C(=O)F.O=C(O)C(=O)F.O=C(O)C(=O)F.O=C(O)C(=O)F.O=P([O-])([O-])[O-].[K+].[K+].[K+]. The summed E-state index contributed by atoms with van der Waals surface area (Å²) in [6, 6.07) is -9.30. The third kappa shape index (κ3) is 96.0. The van der Waals surface area contributed by atoms with E-state index < -0.39 is 55.8 Å². The van der Waals surface area contributed by atoms with E-state index in [9.17, 15) is 17.6 Å². The first kappa shape index (κ1) is 54.3. The maximum absolute atomic E-state index is 10.6. The van der Waals surface area contributed by atoms with Crippen LogP contribution in [0, 0.1) is 0 Å². The van der Waals surface area contributed by atoms with Crippen molar-refractivity contribution in [2.75, 3.05) is 0 Å². The van der Waals surface area contributed by atoms with Gasteiger partial charge in [0, 0.05) is 0 Å². The molecule has 0 aliphatic heterocycles. The van der Waals surface area contributed by atoms with E-state index >= 15 is 0 Å². The van der Waals surface area contributed by atoms with Gasteiger partial charge in [-0.3, -0.25) is 0 Å². The Morgan fingerprint density at radius 1 is 0.469 bits per heavy atom. The number of rotatable bonds is 4. The van der Waals surface area contributed by atoms with E-state index in [1.165, 1.54) is 0 Å². The van der Waals surface area contributed by atoms with Crippen LogP contribution in [-0.2, 0) is 42.9 Å². The van der Waals surface area contributed by atoms with Crippen molar-refractivity contribution in [3.05, 3.63) is 0 Å². The minimum atomic E-state index is -5.39. The van der Waals surface area contributed by atoms with Gasteiger partial charge in [0.15, 0.2) is 0 Å². The van der Waals surface area contributed by atoms with Crippen LogP contribution in [0.5, 0.6) is 0 Å². The number of carboxylic acid groups (broad SMARTS) is 4. The summed E-state index contributed by atoms with van der Waals surface area (Å²) >= 11 is 0. The molecule has 0 aliphatic rings. The third-order valence-electron chi connectivity index (χ3n) is 0.673. The first-order valence-corrected chi connectivity index (χ1v) is 6.47. The van der Waals surface area contributed by atoms with Crippen LogP contribution in [0.3, 0.4) is 0 Å². The molecule has 0 atom stereocenters. The summed E-state index contributed by atoms with van der Waals surface area (Å²) in [6.07, 6.45) is 0. The first-order chi connectivity index (χ1) is 12.6. The van der Waals surface area contributed by atoms with E-state index in [0.717, 1.165) is 0 Å². The van der Waals surface area contributed by atoms with E-state index in [4.69, 9.17) is 78.0 Å². The van der Waals surface area contributed by atoms with Crippen LogP contribution in [0.2, 0.25) is 0 Å². The van der Waals surface area contributed by atoms with Crippen molar-refractivity contribution in [1.29, 1.82) is 0 Å². The smallest absolute Gasteiger partial charge is 0.822 e. The van der Waals surface area contributed by atoms with E-state index in [1.807, 2.05) is 0 Å². The van der Waals surface area contributed by atoms with E-state index in [-0.39, 0.29) is 154 Å². The van der Waals surface area contributed by atoms with Crippen molar-refractivity contribution in [3.63, 3.8) is 0 Å². The van der Waals surface area contributed by atoms with Crippen LogP contribution in [-0.4, -0.2) is 68.5 Å². The fourth-order valence-electron chi connectivity index (χ4n) is 0. The number of carbonyl (C=O) groups is 8. The van der Waals surface area contributed by atoms with Gasteiger partial charge in [-0.05, 0) is 0 Å². The quantitative estimate of drug-likeness (QED) is 0.0788. The maximum Gasteiger partial charge on any atom is 1.00 e. The van der Waals surface area contributed by atoms with Gasteiger partial charge in [-0.15, -0.1) is 0 Å². The van der Waals surface area contributed by atoms with Crippen LogP contribution >= 0.6 is 7.82 Å². The summed E-state index contributed by atoms with van der Waals surface area (Å²) in [7, 11) is -5.39. The van der Waals surface area contributed by atoms with Gasteiger partial charge in [-0.2, -0.15) is 25.4 Å². The molecular weight excluding hydrogens is 576 g/mol. The van der Waals surface area contributed by atoms with Crippen LogP contribution in [0.15, 0.2) is 0 Å². The Hall–Kier alpha value is 1.30. The largest absolute Gasteiger partial charge is 1.00 e. The maximum atomic E-state index is 10.6. The molecule has 0 radical (unpaired) electrons. The number of phosphoric acid groups is 1. The average molecular weight is 580 g/mol. The Morgan fingerprint density at radius 3 is 0.500 bits per heavy atom. The van der Waals surface area contributed by atoms with Gasteiger partial charge in [0.25, 0.3) is 0 Å². The minimum absolute atomic E-state index is 0. The molecule has 24 heteroatoms. The number of hydrogen-bond donors (Lipinski definition) is 4. The molecule has 4 N–H and O–H groups in total. The zero-order chi connectivity index (χ0) is 25.1. The molecule has 168 valence electrons. The second-order valence-corrected chi connectivity index (χ2v) is 3.66. The van der Waals surface area contributed by atoms with Crippen molar-refractivity contribution in [2.24, 2.45) is 0 Å². The normalized spacial score (nSPS) is 7.47. The van der Waals surface area contributed by atoms with E-state index in [1.54, 1.807) is 0 Å². The summed E-state index contributed by atoms with van der Waals surface area (Å²) in [5.41, 5.74) is 0. The minimum Gasteiger partial charge on any atom is -0.822 e. The Balaban J connectivity index is -0.0000000367. The molecule has 0 aliphatic carbocycles. The van der Waals surface area contributed by atoms with Crippen molar-refractivity contribution in [3.8, 4) is 0 Å². The van der Waals surface area contributed by atoms with E-state index in [0.29, 0.717) is 0 Å². The molecule has 0 aromatic carbocycles. The summed E-state index contributed by atoms with van der Waals surface area (Å²) in [6.45, 7) is 0. The molecule has 0 heterocycles. The van der Waals surface area contributed by atoms with E-state index in [2.05, 4.69) is 0 Å². The first-order valence-electron chi connectivity index (χ1n) is 5.01. The zero-order valence-electron chi connectivity index (χ0n) is 15.6. The number of carboxylic acids is 4. The Morgan fingerprint density at radius 2 is 0.500 bits per heavy atom. The topological polar surface area (TPSA) is 304 Å².